The third-order valence-electron chi connectivity index (χ3n) is 4.89. The number of hydrogen-bond donors (Lipinski definition) is 2. The highest BCUT2D eigenvalue weighted by Crippen LogP contribution is 2.28. The van der Waals surface area contributed by atoms with E-state index < -0.39 is 5.97 Å². The van der Waals surface area contributed by atoms with Gasteiger partial charge in [-0.05, 0) is 43.9 Å². The minimum atomic E-state index is -0.950. The largest absolute Gasteiger partial charge is 0.493 e. The number of nitrogens with one attached hydrogen (secondary N) is 1. The Morgan fingerprint density at radius 1 is 1.35 bits per heavy atom. The summed E-state index contributed by atoms with van der Waals surface area (Å²) < 4.78 is 12.4. The number of methoxy groups -OCH3 is 2. The van der Waals surface area contributed by atoms with Crippen LogP contribution in [0.4, 0.5) is 0 Å². The molecule has 0 bridgehead atoms. The van der Waals surface area contributed by atoms with Gasteiger partial charge in [-0.2, -0.15) is 5.10 Å². The number of carbonyl (C=O) groups is 1. The molecule has 0 saturated carbocycles. The van der Waals surface area contributed by atoms with Gasteiger partial charge in [0, 0.05) is 30.4 Å². The average molecular weight is 359 g/mol. The zero-order chi connectivity index (χ0) is 18.7. The van der Waals surface area contributed by atoms with Crippen LogP contribution in [0.5, 0.6) is 11.5 Å². The number of carboxylic acid groups (broad SMARTS) is 1. The van der Waals surface area contributed by atoms with Gasteiger partial charge in [-0.15, -0.1) is 0 Å². The molecule has 7 heteroatoms. The van der Waals surface area contributed by atoms with Gasteiger partial charge in [-0.3, -0.25) is 4.68 Å². The Hall–Kier alpha value is -2.54. The second-order valence-corrected chi connectivity index (χ2v) is 6.40. The maximum Gasteiger partial charge on any atom is 0.356 e. The lowest BCUT2D eigenvalue weighted by molar-refractivity contribution is 0.0688. The van der Waals surface area contributed by atoms with Gasteiger partial charge >= 0.3 is 5.97 Å². The third-order valence-corrected chi connectivity index (χ3v) is 4.89. The molecule has 1 heterocycles. The first-order valence-electron chi connectivity index (χ1n) is 8.83. The second-order valence-electron chi connectivity index (χ2n) is 6.40. The van der Waals surface area contributed by atoms with Crippen LogP contribution < -0.4 is 14.8 Å². The summed E-state index contributed by atoms with van der Waals surface area (Å²) in [6, 6.07) is 6.07. The molecule has 2 N–H and O–H groups in total. The van der Waals surface area contributed by atoms with Crippen molar-refractivity contribution in [3.05, 3.63) is 40.7 Å². The van der Waals surface area contributed by atoms with E-state index in [1.807, 2.05) is 29.8 Å². The van der Waals surface area contributed by atoms with Crippen molar-refractivity contribution in [1.82, 2.24) is 15.1 Å². The molecular weight excluding hydrogens is 334 g/mol. The van der Waals surface area contributed by atoms with Gasteiger partial charge in [0.2, 0.25) is 0 Å². The fraction of sp³-hybridized carbons (Fsp3) is 0.474. The molecule has 0 fully saturated rings. The van der Waals surface area contributed by atoms with Crippen molar-refractivity contribution in [3.63, 3.8) is 0 Å². The molecule has 26 heavy (non-hydrogen) atoms. The quantitative estimate of drug-likeness (QED) is 0.789. The smallest absolute Gasteiger partial charge is 0.356 e. The predicted molar refractivity (Wildman–Crippen MR) is 97.1 cm³/mol. The molecule has 0 spiro atoms. The lowest BCUT2D eigenvalue weighted by atomic mass is 9.91. The third kappa shape index (κ3) is 3.53. The summed E-state index contributed by atoms with van der Waals surface area (Å²) in [7, 11) is 3.24. The van der Waals surface area contributed by atoms with Crippen LogP contribution in [-0.4, -0.2) is 41.1 Å². The van der Waals surface area contributed by atoms with Gasteiger partial charge < -0.3 is 19.9 Å². The minimum absolute atomic E-state index is 0.194. The fourth-order valence-corrected chi connectivity index (χ4v) is 3.55. The molecule has 1 aliphatic carbocycles. The fourth-order valence-electron chi connectivity index (χ4n) is 3.55. The van der Waals surface area contributed by atoms with Gasteiger partial charge in [-0.25, -0.2) is 4.79 Å². The highest BCUT2D eigenvalue weighted by Gasteiger charge is 2.28. The molecule has 1 aromatic heterocycles. The van der Waals surface area contributed by atoms with Crippen LogP contribution >= 0.6 is 0 Å². The zero-order valence-corrected chi connectivity index (χ0v) is 15.4. The van der Waals surface area contributed by atoms with Crippen LogP contribution in [0.3, 0.4) is 0 Å². The van der Waals surface area contributed by atoms with E-state index in [1.54, 1.807) is 14.2 Å². The zero-order valence-electron chi connectivity index (χ0n) is 15.4. The summed E-state index contributed by atoms with van der Waals surface area (Å²) in [5.74, 6) is 0.459. The molecule has 140 valence electrons. The highest BCUT2D eigenvalue weighted by atomic mass is 16.5. The SMILES string of the molecule is CCn1nc(C(=O)O)c2c1CC[C@@H](NCc1ccc(OC)c(OC)c1)C2. The van der Waals surface area contributed by atoms with E-state index >= 15 is 0 Å². The summed E-state index contributed by atoms with van der Waals surface area (Å²) in [6.07, 6.45) is 2.49. The molecule has 0 saturated heterocycles. The molecule has 3 rings (SSSR count). The number of rotatable bonds is 7. The molecule has 2 aromatic rings. The van der Waals surface area contributed by atoms with Gasteiger partial charge in [-0.1, -0.05) is 6.07 Å². The maximum atomic E-state index is 11.5. The van der Waals surface area contributed by atoms with Crippen molar-refractivity contribution >= 4 is 5.97 Å². The van der Waals surface area contributed by atoms with Crippen LogP contribution in [0, 0.1) is 0 Å². The van der Waals surface area contributed by atoms with E-state index in [0.717, 1.165) is 29.7 Å². The number of aryl methyl sites for hydroxylation is 1. The Labute approximate surface area is 152 Å². The number of aromatic carboxylic acids is 1. The number of fused-ring (bicyclic) bond motifs is 1. The Balaban J connectivity index is 1.70. The van der Waals surface area contributed by atoms with Gasteiger partial charge in [0.1, 0.15) is 0 Å². The van der Waals surface area contributed by atoms with Crippen molar-refractivity contribution in [2.24, 2.45) is 0 Å². The molecular formula is C19H25N3O4. The van der Waals surface area contributed by atoms with Crippen molar-refractivity contribution in [2.75, 3.05) is 14.2 Å². The number of nitrogens with zero attached hydrogens (tertiary/aromatic N) is 2. The first-order chi connectivity index (χ1) is 12.6. The molecule has 7 nitrogen and oxygen atoms in total. The summed E-state index contributed by atoms with van der Waals surface area (Å²) >= 11 is 0. The first-order valence-corrected chi connectivity index (χ1v) is 8.83. The molecule has 0 unspecified atom stereocenters. The summed E-state index contributed by atoms with van der Waals surface area (Å²) in [4.78, 5) is 11.5. The number of aromatic nitrogens is 2. The van der Waals surface area contributed by atoms with Crippen molar-refractivity contribution in [2.45, 2.75) is 45.3 Å². The van der Waals surface area contributed by atoms with Gasteiger partial charge in [0.05, 0.1) is 14.2 Å². The molecule has 0 aliphatic heterocycles. The number of carboxylic acids is 1. The van der Waals surface area contributed by atoms with Crippen LogP contribution in [-0.2, 0) is 25.9 Å². The molecule has 1 aromatic carbocycles. The Morgan fingerprint density at radius 3 is 2.77 bits per heavy atom. The van der Waals surface area contributed by atoms with E-state index in [-0.39, 0.29) is 11.7 Å². The minimum Gasteiger partial charge on any atom is -0.493 e. The van der Waals surface area contributed by atoms with E-state index in [9.17, 15) is 9.90 Å². The monoisotopic (exact) mass is 359 g/mol. The molecule has 1 aliphatic rings. The van der Waals surface area contributed by atoms with Crippen molar-refractivity contribution in [3.8, 4) is 11.5 Å². The average Bonchev–Trinajstić information content (AvgIpc) is 3.04. The van der Waals surface area contributed by atoms with Crippen LogP contribution in [0.25, 0.3) is 0 Å². The Morgan fingerprint density at radius 2 is 2.12 bits per heavy atom. The summed E-state index contributed by atoms with van der Waals surface area (Å²) in [6.45, 7) is 3.37. The lowest BCUT2D eigenvalue weighted by Gasteiger charge is -2.24. The van der Waals surface area contributed by atoms with Gasteiger partial charge in [0.15, 0.2) is 17.2 Å². The van der Waals surface area contributed by atoms with E-state index in [1.165, 1.54) is 0 Å². The first kappa shape index (κ1) is 18.3. The van der Waals surface area contributed by atoms with E-state index in [2.05, 4.69) is 10.4 Å². The van der Waals surface area contributed by atoms with E-state index in [4.69, 9.17) is 9.47 Å². The van der Waals surface area contributed by atoms with Crippen LogP contribution in [0.15, 0.2) is 18.2 Å². The highest BCUT2D eigenvalue weighted by molar-refractivity contribution is 5.87. The summed E-state index contributed by atoms with van der Waals surface area (Å²) in [5.41, 5.74) is 3.22. The van der Waals surface area contributed by atoms with Crippen LogP contribution in [0.2, 0.25) is 0 Å². The van der Waals surface area contributed by atoms with Crippen molar-refractivity contribution in [1.29, 1.82) is 0 Å². The molecule has 1 atom stereocenters. The summed E-state index contributed by atoms with van der Waals surface area (Å²) in [5, 5.41) is 17.2. The molecule has 0 radical (unpaired) electrons. The maximum absolute atomic E-state index is 11.5. The molecule has 0 amide bonds. The number of ether oxygens (including phenoxy) is 2. The lowest BCUT2D eigenvalue weighted by Crippen LogP contribution is -2.34. The topological polar surface area (TPSA) is 85.6 Å². The van der Waals surface area contributed by atoms with E-state index in [0.29, 0.717) is 31.0 Å². The Kier molecular flexibility index (Phi) is 5.46. The number of benzene rings is 1. The predicted octanol–water partition coefficient (Wildman–Crippen LogP) is 2.27. The Bertz CT molecular complexity index is 800. The van der Waals surface area contributed by atoms with Crippen LogP contribution in [0.1, 0.15) is 40.7 Å². The van der Waals surface area contributed by atoms with Crippen molar-refractivity contribution < 1.29 is 19.4 Å². The number of hydrogen-bond acceptors (Lipinski definition) is 5. The normalized spacial score (nSPS) is 16.2. The standard InChI is InChI=1S/C19H25N3O4/c1-4-22-15-7-6-13(10-14(15)18(21-22)19(23)24)20-11-12-5-8-16(25-2)17(9-12)26-3/h5,8-9,13,20H,4,6-7,10-11H2,1-3H3,(H,23,24)/t13-/m1/s1. The second kappa shape index (κ2) is 7.78. The van der Waals surface area contributed by atoms with Gasteiger partial charge in [0.25, 0.3) is 0 Å².